The molecule has 5 nitrogen and oxygen atoms in total. The van der Waals surface area contributed by atoms with E-state index in [1.165, 1.54) is 6.08 Å². The predicted octanol–water partition coefficient (Wildman–Crippen LogP) is 0.947. The summed E-state index contributed by atoms with van der Waals surface area (Å²) in [4.78, 5) is 22.8. The largest absolute Gasteiger partial charge is 0.480 e. The van der Waals surface area contributed by atoms with Crippen molar-refractivity contribution in [3.63, 3.8) is 0 Å². The van der Waals surface area contributed by atoms with Crippen LogP contribution >= 0.6 is 0 Å². The lowest BCUT2D eigenvalue weighted by Crippen LogP contribution is -2.40. The first-order valence-corrected chi connectivity index (χ1v) is 6.02. The van der Waals surface area contributed by atoms with Crippen LogP contribution in [-0.2, 0) is 11.2 Å². The maximum atomic E-state index is 11.9. The summed E-state index contributed by atoms with van der Waals surface area (Å²) in [6, 6.07) is 5.99. The molecule has 0 aliphatic carbocycles. The summed E-state index contributed by atoms with van der Waals surface area (Å²) >= 11 is 0. The Hall–Kier alpha value is -2.14. The van der Waals surface area contributed by atoms with Gasteiger partial charge < -0.3 is 16.2 Å². The molecule has 1 atom stereocenters. The summed E-state index contributed by atoms with van der Waals surface area (Å²) in [5, 5.41) is 11.4. The van der Waals surface area contributed by atoms with Gasteiger partial charge in [-0.2, -0.15) is 0 Å². The first-order valence-electron chi connectivity index (χ1n) is 6.02. The number of rotatable bonds is 7. The normalized spacial score (nSPS) is 11.6. The molecule has 4 N–H and O–H groups in total. The van der Waals surface area contributed by atoms with Crippen LogP contribution in [0.5, 0.6) is 0 Å². The molecule has 0 saturated carbocycles. The maximum Gasteiger partial charge on any atom is 0.326 e. The molecule has 1 aromatic carbocycles. The second-order valence-electron chi connectivity index (χ2n) is 4.12. The third-order valence-electron chi connectivity index (χ3n) is 2.65. The van der Waals surface area contributed by atoms with Gasteiger partial charge in [-0.1, -0.05) is 18.2 Å². The zero-order valence-corrected chi connectivity index (χ0v) is 10.6. The molecule has 102 valence electrons. The van der Waals surface area contributed by atoms with Gasteiger partial charge in [-0.25, -0.2) is 4.79 Å². The van der Waals surface area contributed by atoms with Crippen LogP contribution in [0.1, 0.15) is 22.3 Å². The quantitative estimate of drug-likeness (QED) is 0.638. The Morgan fingerprint density at radius 1 is 1.37 bits per heavy atom. The van der Waals surface area contributed by atoms with Crippen LogP contribution in [0.15, 0.2) is 36.9 Å². The monoisotopic (exact) mass is 262 g/mol. The average molecular weight is 262 g/mol. The number of aliphatic carboxylic acids is 1. The molecule has 0 aliphatic heterocycles. The Balaban J connectivity index is 2.71. The number of hydrogen-bond donors (Lipinski definition) is 3. The van der Waals surface area contributed by atoms with Crippen LogP contribution in [0.2, 0.25) is 0 Å². The van der Waals surface area contributed by atoms with Crippen molar-refractivity contribution in [1.29, 1.82) is 0 Å². The summed E-state index contributed by atoms with van der Waals surface area (Å²) in [5.41, 5.74) is 6.91. The van der Waals surface area contributed by atoms with Gasteiger partial charge in [0.1, 0.15) is 6.04 Å². The second-order valence-corrected chi connectivity index (χ2v) is 4.12. The van der Waals surface area contributed by atoms with Crippen LogP contribution in [-0.4, -0.2) is 29.6 Å². The van der Waals surface area contributed by atoms with Crippen LogP contribution in [0.25, 0.3) is 0 Å². The number of benzene rings is 1. The fraction of sp³-hybridized carbons (Fsp3) is 0.286. The minimum absolute atomic E-state index is 0.187. The zero-order valence-electron chi connectivity index (χ0n) is 10.6. The molecular formula is C14H18N2O3. The Kier molecular flexibility index (Phi) is 5.75. The van der Waals surface area contributed by atoms with E-state index in [0.29, 0.717) is 12.1 Å². The highest BCUT2D eigenvalue weighted by molar-refractivity contribution is 5.96. The van der Waals surface area contributed by atoms with Gasteiger partial charge in [-0.05, 0) is 37.1 Å². The molecule has 0 spiro atoms. The highest BCUT2D eigenvalue weighted by Crippen LogP contribution is 2.06. The standard InChI is InChI=1S/C14H18N2O3/c1-2-3-12(14(18)19)16-13(17)11-6-4-10(5-7-11)8-9-15/h2,4-7,12H,1,3,8-9,15H2,(H,16,17)(H,18,19). The van der Waals surface area contributed by atoms with E-state index in [1.807, 2.05) is 12.1 Å². The van der Waals surface area contributed by atoms with Crippen LogP contribution < -0.4 is 11.1 Å². The lowest BCUT2D eigenvalue weighted by Gasteiger charge is -2.12. The van der Waals surface area contributed by atoms with E-state index in [-0.39, 0.29) is 6.42 Å². The fourth-order valence-electron chi connectivity index (χ4n) is 1.62. The van der Waals surface area contributed by atoms with Crippen molar-refractivity contribution < 1.29 is 14.7 Å². The van der Waals surface area contributed by atoms with Crippen LogP contribution in [0.3, 0.4) is 0 Å². The number of hydrogen-bond acceptors (Lipinski definition) is 3. The maximum absolute atomic E-state index is 11.9. The summed E-state index contributed by atoms with van der Waals surface area (Å²) in [6.07, 6.45) is 2.39. The summed E-state index contributed by atoms with van der Waals surface area (Å²) < 4.78 is 0. The Bertz CT molecular complexity index is 454. The van der Waals surface area contributed by atoms with E-state index in [9.17, 15) is 9.59 Å². The van der Waals surface area contributed by atoms with Crippen molar-refractivity contribution in [1.82, 2.24) is 5.32 Å². The number of carboxylic acids is 1. The van der Waals surface area contributed by atoms with E-state index in [4.69, 9.17) is 10.8 Å². The molecule has 5 heteroatoms. The molecular weight excluding hydrogens is 244 g/mol. The molecule has 0 aromatic heterocycles. The van der Waals surface area contributed by atoms with Gasteiger partial charge in [0.2, 0.25) is 0 Å². The molecule has 1 aromatic rings. The number of carboxylic acid groups (broad SMARTS) is 1. The molecule has 0 heterocycles. The molecule has 0 saturated heterocycles. The van der Waals surface area contributed by atoms with Gasteiger partial charge in [0.15, 0.2) is 0 Å². The van der Waals surface area contributed by atoms with Crippen molar-refractivity contribution in [2.75, 3.05) is 6.54 Å². The van der Waals surface area contributed by atoms with E-state index in [0.717, 1.165) is 12.0 Å². The number of carbonyl (C=O) groups excluding carboxylic acids is 1. The number of carbonyl (C=O) groups is 2. The number of nitrogens with two attached hydrogens (primary N) is 1. The first-order chi connectivity index (χ1) is 9.08. The molecule has 0 fully saturated rings. The van der Waals surface area contributed by atoms with E-state index >= 15 is 0 Å². The number of nitrogens with one attached hydrogen (secondary N) is 1. The van der Waals surface area contributed by atoms with Crippen molar-refractivity contribution in [2.24, 2.45) is 5.73 Å². The highest BCUT2D eigenvalue weighted by Gasteiger charge is 2.18. The molecule has 0 aliphatic rings. The average Bonchev–Trinajstić information content (AvgIpc) is 2.39. The van der Waals surface area contributed by atoms with Gasteiger partial charge in [-0.15, -0.1) is 6.58 Å². The zero-order chi connectivity index (χ0) is 14.3. The molecule has 1 rings (SSSR count). The molecule has 0 radical (unpaired) electrons. The van der Waals surface area contributed by atoms with E-state index in [1.54, 1.807) is 12.1 Å². The van der Waals surface area contributed by atoms with Crippen molar-refractivity contribution in [3.05, 3.63) is 48.0 Å². The van der Waals surface area contributed by atoms with Gasteiger partial charge >= 0.3 is 5.97 Å². The van der Waals surface area contributed by atoms with E-state index in [2.05, 4.69) is 11.9 Å². The topological polar surface area (TPSA) is 92.4 Å². The number of amides is 1. The van der Waals surface area contributed by atoms with E-state index < -0.39 is 17.9 Å². The third-order valence-corrected chi connectivity index (χ3v) is 2.65. The van der Waals surface area contributed by atoms with Crippen LogP contribution in [0, 0.1) is 0 Å². The highest BCUT2D eigenvalue weighted by atomic mass is 16.4. The Labute approximate surface area is 112 Å². The molecule has 1 amide bonds. The Morgan fingerprint density at radius 2 is 2.00 bits per heavy atom. The minimum Gasteiger partial charge on any atom is -0.480 e. The van der Waals surface area contributed by atoms with Gasteiger partial charge in [0.25, 0.3) is 5.91 Å². The lowest BCUT2D eigenvalue weighted by molar-refractivity contribution is -0.139. The smallest absolute Gasteiger partial charge is 0.326 e. The first kappa shape index (κ1) is 14.9. The summed E-state index contributed by atoms with van der Waals surface area (Å²) in [6.45, 7) is 4.02. The van der Waals surface area contributed by atoms with Crippen LogP contribution in [0.4, 0.5) is 0 Å². The predicted molar refractivity (Wildman–Crippen MR) is 72.9 cm³/mol. The van der Waals surface area contributed by atoms with Crippen molar-refractivity contribution in [3.8, 4) is 0 Å². The summed E-state index contributed by atoms with van der Waals surface area (Å²) in [7, 11) is 0. The van der Waals surface area contributed by atoms with Crippen molar-refractivity contribution >= 4 is 11.9 Å². The van der Waals surface area contributed by atoms with Gasteiger partial charge in [-0.3, -0.25) is 4.79 Å². The lowest BCUT2D eigenvalue weighted by atomic mass is 10.1. The molecule has 1 unspecified atom stereocenters. The molecule has 0 bridgehead atoms. The van der Waals surface area contributed by atoms with Crippen molar-refractivity contribution in [2.45, 2.75) is 18.9 Å². The fourth-order valence-corrected chi connectivity index (χ4v) is 1.62. The van der Waals surface area contributed by atoms with Gasteiger partial charge in [0, 0.05) is 5.56 Å². The molecule has 19 heavy (non-hydrogen) atoms. The third kappa shape index (κ3) is 4.56. The second kappa shape index (κ2) is 7.33. The minimum atomic E-state index is -1.08. The summed E-state index contributed by atoms with van der Waals surface area (Å²) in [5.74, 6) is -1.48. The Morgan fingerprint density at radius 3 is 2.47 bits per heavy atom. The van der Waals surface area contributed by atoms with Gasteiger partial charge in [0.05, 0.1) is 0 Å². The SMILES string of the molecule is C=CCC(NC(=O)c1ccc(CCN)cc1)C(=O)O.